The Morgan fingerprint density at radius 2 is 1.71 bits per heavy atom. The van der Waals surface area contributed by atoms with Gasteiger partial charge in [-0.1, -0.05) is 24.3 Å². The van der Waals surface area contributed by atoms with Crippen LogP contribution in [0, 0.1) is 0 Å². The number of pyridine rings is 1. The lowest BCUT2D eigenvalue weighted by molar-refractivity contribution is -0.174. The van der Waals surface area contributed by atoms with Gasteiger partial charge < -0.3 is 25.0 Å². The van der Waals surface area contributed by atoms with Crippen molar-refractivity contribution in [3.8, 4) is 5.75 Å². The van der Waals surface area contributed by atoms with Crippen molar-refractivity contribution in [2.45, 2.75) is 89.3 Å². The number of hydrogen-bond acceptors (Lipinski definition) is 6. The Labute approximate surface area is 243 Å². The van der Waals surface area contributed by atoms with Crippen molar-refractivity contribution in [3.05, 3.63) is 59.4 Å². The smallest absolute Gasteiger partial charge is 0.471 e. The molecule has 12 heteroatoms. The number of halogens is 3. The van der Waals surface area contributed by atoms with E-state index in [0.29, 0.717) is 37.4 Å². The minimum atomic E-state index is -5.03. The lowest BCUT2D eigenvalue weighted by atomic mass is 10.00. The van der Waals surface area contributed by atoms with Crippen molar-refractivity contribution >= 4 is 17.9 Å². The topological polar surface area (TPSA) is 110 Å². The Bertz CT molecular complexity index is 1260. The zero-order chi connectivity index (χ0) is 30.7. The first-order valence-corrected chi connectivity index (χ1v) is 14.1. The van der Waals surface area contributed by atoms with E-state index in [1.165, 1.54) is 25.3 Å². The number of alkyl halides is 3. The molecule has 2 aliphatic rings. The third-order valence-electron chi connectivity index (χ3n) is 7.02. The summed E-state index contributed by atoms with van der Waals surface area (Å²) in [4.78, 5) is 42.7. The van der Waals surface area contributed by atoms with Crippen LogP contribution < -0.4 is 15.4 Å². The zero-order valence-electron chi connectivity index (χ0n) is 24.2. The minimum Gasteiger partial charge on any atom is -0.482 e. The second-order valence-corrected chi connectivity index (χ2v) is 11.9. The summed E-state index contributed by atoms with van der Waals surface area (Å²) in [5.41, 5.74) is 1.22. The highest BCUT2D eigenvalue weighted by atomic mass is 19.4. The highest BCUT2D eigenvalue weighted by molar-refractivity contribution is 5.92. The first kappa shape index (κ1) is 31.1. The maximum Gasteiger partial charge on any atom is 0.471 e. The van der Waals surface area contributed by atoms with E-state index in [1.807, 2.05) is 17.4 Å². The number of nitrogens with zero attached hydrogens (tertiary/aromatic N) is 2. The summed E-state index contributed by atoms with van der Waals surface area (Å²) in [5.74, 6) is -1.78. The van der Waals surface area contributed by atoms with Crippen LogP contribution in [0.1, 0.15) is 87.0 Å². The third kappa shape index (κ3) is 8.59. The van der Waals surface area contributed by atoms with Gasteiger partial charge in [0.25, 0.3) is 5.91 Å². The number of amides is 3. The summed E-state index contributed by atoms with van der Waals surface area (Å²) in [7, 11) is 0. The van der Waals surface area contributed by atoms with Gasteiger partial charge in [0.15, 0.2) is 0 Å². The second-order valence-electron chi connectivity index (χ2n) is 11.9. The van der Waals surface area contributed by atoms with Crippen LogP contribution >= 0.6 is 0 Å². The van der Waals surface area contributed by atoms with Gasteiger partial charge in [0.2, 0.25) is 0 Å². The largest absolute Gasteiger partial charge is 0.482 e. The van der Waals surface area contributed by atoms with Crippen LogP contribution in [-0.4, -0.2) is 64.7 Å². The van der Waals surface area contributed by atoms with Gasteiger partial charge in [-0.3, -0.25) is 9.59 Å². The van der Waals surface area contributed by atoms with Crippen LogP contribution in [0.25, 0.3) is 0 Å². The van der Waals surface area contributed by atoms with Crippen LogP contribution in [0.4, 0.5) is 18.0 Å². The van der Waals surface area contributed by atoms with Crippen molar-refractivity contribution in [1.82, 2.24) is 20.5 Å². The van der Waals surface area contributed by atoms with Crippen molar-refractivity contribution in [2.75, 3.05) is 13.1 Å². The summed E-state index contributed by atoms with van der Waals surface area (Å²) >= 11 is 0. The molecule has 3 atom stereocenters. The van der Waals surface area contributed by atoms with Crippen LogP contribution in [-0.2, 0) is 9.53 Å². The molecule has 4 rings (SSSR count). The average molecular weight is 591 g/mol. The lowest BCUT2D eigenvalue weighted by Gasteiger charge is -2.34. The van der Waals surface area contributed by atoms with Crippen molar-refractivity contribution in [3.63, 3.8) is 0 Å². The molecule has 9 nitrogen and oxygen atoms in total. The summed E-state index contributed by atoms with van der Waals surface area (Å²) in [6.07, 6.45) is -1.51. The first-order valence-electron chi connectivity index (χ1n) is 14.1. The molecule has 42 heavy (non-hydrogen) atoms. The number of likely N-dealkylation sites (tertiary alicyclic amines) is 1. The Kier molecular flexibility index (Phi) is 9.32. The average Bonchev–Trinajstić information content (AvgIpc) is 3.76. The van der Waals surface area contributed by atoms with Crippen LogP contribution in [0.3, 0.4) is 0 Å². The molecule has 1 saturated heterocycles. The Balaban J connectivity index is 1.41. The van der Waals surface area contributed by atoms with E-state index in [9.17, 15) is 27.6 Å². The molecule has 2 N–H and O–H groups in total. The maximum absolute atomic E-state index is 12.9. The highest BCUT2D eigenvalue weighted by Crippen LogP contribution is 2.40. The predicted octanol–water partition coefficient (Wildman–Crippen LogP) is 5.28. The van der Waals surface area contributed by atoms with Crippen molar-refractivity contribution in [2.24, 2.45) is 0 Å². The van der Waals surface area contributed by atoms with E-state index in [2.05, 4.69) is 10.3 Å². The van der Waals surface area contributed by atoms with Crippen LogP contribution in [0.2, 0.25) is 0 Å². The van der Waals surface area contributed by atoms with E-state index in [0.717, 1.165) is 18.4 Å². The normalized spacial score (nSPS) is 18.9. The van der Waals surface area contributed by atoms with E-state index >= 15 is 0 Å². The Hall–Kier alpha value is -3.83. The van der Waals surface area contributed by atoms with E-state index < -0.39 is 41.8 Å². The SMILES string of the molecule is CC(NC(=O)C(F)(F)F)[C@H](Oc1ccc(C(=O)N[C@H]2CCCN(C(=O)OC(C)(C)C)C2)nc1)c1ccc(C2CC2)cc1. The van der Waals surface area contributed by atoms with E-state index in [-0.39, 0.29) is 17.5 Å². The summed E-state index contributed by atoms with van der Waals surface area (Å²) in [6.45, 7) is 7.66. The maximum atomic E-state index is 12.9. The molecule has 2 aromatic rings. The number of hydrogen-bond donors (Lipinski definition) is 2. The molecular formula is C30H37F3N4O5. The van der Waals surface area contributed by atoms with Gasteiger partial charge in [-0.15, -0.1) is 0 Å². The molecule has 0 spiro atoms. The second kappa shape index (κ2) is 12.6. The Morgan fingerprint density at radius 3 is 2.29 bits per heavy atom. The van der Waals surface area contributed by atoms with Crippen LogP contribution in [0.15, 0.2) is 42.6 Å². The fourth-order valence-electron chi connectivity index (χ4n) is 4.78. The Morgan fingerprint density at radius 1 is 1.02 bits per heavy atom. The number of carbonyl (C=O) groups excluding carboxylic acids is 3. The van der Waals surface area contributed by atoms with Gasteiger partial charge in [-0.25, -0.2) is 9.78 Å². The number of carbonyl (C=O) groups is 3. The molecule has 0 bridgehead atoms. The van der Waals surface area contributed by atoms with Gasteiger partial charge >= 0.3 is 18.2 Å². The monoisotopic (exact) mass is 590 g/mol. The van der Waals surface area contributed by atoms with Crippen LogP contribution in [0.5, 0.6) is 5.75 Å². The standard InChI is InChI=1S/C30H37F3N4O5/c1-18(35-27(39)30(31,32)33)25(21-11-9-20(10-12-21)19-7-8-19)41-23-13-14-24(34-16-23)26(38)36-22-6-5-15-37(17-22)28(40)42-29(2,3)4/h9-14,16,18-19,22,25H,5-8,15,17H2,1-4H3,(H,35,39)(H,36,38)/t18?,22-,25-/m0/s1. The summed E-state index contributed by atoms with van der Waals surface area (Å²) < 4.78 is 50.3. The molecule has 3 amide bonds. The molecule has 1 saturated carbocycles. The molecule has 1 aliphatic carbocycles. The molecule has 2 heterocycles. The van der Waals surface area contributed by atoms with Gasteiger partial charge in [0, 0.05) is 19.1 Å². The molecule has 1 aliphatic heterocycles. The van der Waals surface area contributed by atoms with E-state index in [1.54, 1.807) is 37.8 Å². The third-order valence-corrected chi connectivity index (χ3v) is 7.02. The number of rotatable bonds is 8. The number of piperidine rings is 1. The summed E-state index contributed by atoms with van der Waals surface area (Å²) in [6, 6.07) is 9.05. The summed E-state index contributed by atoms with van der Waals surface area (Å²) in [5, 5.41) is 4.87. The van der Waals surface area contributed by atoms with Crippen molar-refractivity contribution < 1.29 is 37.0 Å². The number of nitrogens with one attached hydrogen (secondary N) is 2. The molecule has 2 fully saturated rings. The zero-order valence-corrected chi connectivity index (χ0v) is 24.2. The molecule has 1 aromatic heterocycles. The first-order chi connectivity index (χ1) is 19.7. The molecule has 1 aromatic carbocycles. The number of ether oxygens (including phenoxy) is 2. The lowest BCUT2D eigenvalue weighted by Crippen LogP contribution is -2.50. The quantitative estimate of drug-likeness (QED) is 0.433. The minimum absolute atomic E-state index is 0.112. The molecule has 228 valence electrons. The van der Waals surface area contributed by atoms with E-state index in [4.69, 9.17) is 9.47 Å². The number of benzene rings is 1. The van der Waals surface area contributed by atoms with Crippen molar-refractivity contribution in [1.29, 1.82) is 0 Å². The molecule has 0 radical (unpaired) electrons. The van der Waals surface area contributed by atoms with Gasteiger partial charge in [0.1, 0.15) is 23.1 Å². The fourth-order valence-corrected chi connectivity index (χ4v) is 4.78. The van der Waals surface area contributed by atoms with Gasteiger partial charge in [-0.2, -0.15) is 13.2 Å². The molecular weight excluding hydrogens is 553 g/mol. The van der Waals surface area contributed by atoms with Gasteiger partial charge in [0.05, 0.1) is 12.2 Å². The molecule has 1 unspecified atom stereocenters. The van der Waals surface area contributed by atoms with Gasteiger partial charge in [-0.05, 0) is 82.6 Å². The fraction of sp³-hybridized carbons (Fsp3) is 0.533. The highest BCUT2D eigenvalue weighted by Gasteiger charge is 2.40. The predicted molar refractivity (Wildman–Crippen MR) is 148 cm³/mol. The number of aromatic nitrogens is 1.